The van der Waals surface area contributed by atoms with Crippen molar-refractivity contribution in [1.29, 1.82) is 0 Å². The number of carbonyl (C=O) groups is 1. The van der Waals surface area contributed by atoms with Crippen LogP contribution in [0.25, 0.3) is 0 Å². The zero-order valence-corrected chi connectivity index (χ0v) is 11.8. The van der Waals surface area contributed by atoms with E-state index in [2.05, 4.69) is 4.98 Å². The third-order valence-electron chi connectivity index (χ3n) is 3.03. The van der Waals surface area contributed by atoms with Crippen LogP contribution >= 0.6 is 0 Å². The fourth-order valence-corrected chi connectivity index (χ4v) is 1.93. The van der Waals surface area contributed by atoms with Gasteiger partial charge in [0.15, 0.2) is 11.5 Å². The molecule has 0 atom stereocenters. The molecule has 2 aromatic rings. The molecule has 0 unspecified atom stereocenters. The summed E-state index contributed by atoms with van der Waals surface area (Å²) in [6, 6.07) is 8.50. The molecule has 5 heteroatoms. The summed E-state index contributed by atoms with van der Waals surface area (Å²) in [6.07, 6.45) is 5.22. The average molecular weight is 287 g/mol. The Bertz CT molecular complexity index is 598. The Morgan fingerprint density at radius 1 is 1.19 bits per heavy atom. The fourth-order valence-electron chi connectivity index (χ4n) is 1.93. The van der Waals surface area contributed by atoms with Crippen LogP contribution in [0.1, 0.15) is 22.3 Å². The Morgan fingerprint density at radius 2 is 1.95 bits per heavy atom. The monoisotopic (exact) mass is 287 g/mol. The number of ether oxygens (including phenoxy) is 2. The Morgan fingerprint density at radius 3 is 2.62 bits per heavy atom. The number of methoxy groups -OCH3 is 1. The van der Waals surface area contributed by atoms with Crippen LogP contribution in [0.5, 0.6) is 11.5 Å². The minimum absolute atomic E-state index is 0.180. The second kappa shape index (κ2) is 7.28. The highest BCUT2D eigenvalue weighted by Crippen LogP contribution is 2.28. The number of aromatic carboxylic acids is 1. The van der Waals surface area contributed by atoms with Crippen LogP contribution in [0.3, 0.4) is 0 Å². The van der Waals surface area contributed by atoms with Crippen LogP contribution in [0.2, 0.25) is 0 Å². The van der Waals surface area contributed by atoms with Gasteiger partial charge in [-0.3, -0.25) is 4.98 Å². The number of rotatable bonds is 7. The van der Waals surface area contributed by atoms with Crippen LogP contribution in [-0.4, -0.2) is 29.8 Å². The van der Waals surface area contributed by atoms with Gasteiger partial charge in [0.2, 0.25) is 0 Å². The fraction of sp³-hybridized carbons (Fsp3) is 0.250. The molecule has 0 radical (unpaired) electrons. The number of carboxylic acids is 1. The number of aromatic nitrogens is 1. The van der Waals surface area contributed by atoms with Crippen molar-refractivity contribution < 1.29 is 19.4 Å². The van der Waals surface area contributed by atoms with Crippen molar-refractivity contribution in [3.63, 3.8) is 0 Å². The van der Waals surface area contributed by atoms with Crippen LogP contribution in [0.4, 0.5) is 0 Å². The molecule has 1 aromatic carbocycles. The Hall–Kier alpha value is -2.56. The van der Waals surface area contributed by atoms with Gasteiger partial charge in [0.05, 0.1) is 19.3 Å². The molecular weight excluding hydrogens is 270 g/mol. The number of pyridine rings is 1. The number of hydrogen-bond acceptors (Lipinski definition) is 4. The van der Waals surface area contributed by atoms with Gasteiger partial charge in [0.1, 0.15) is 0 Å². The van der Waals surface area contributed by atoms with Gasteiger partial charge in [-0.2, -0.15) is 0 Å². The lowest BCUT2D eigenvalue weighted by Gasteiger charge is -2.11. The second-order valence-corrected chi connectivity index (χ2v) is 4.48. The van der Waals surface area contributed by atoms with Gasteiger partial charge in [-0.25, -0.2) is 4.79 Å². The lowest BCUT2D eigenvalue weighted by molar-refractivity contribution is 0.0696. The molecule has 0 aliphatic heterocycles. The molecule has 1 aromatic heterocycles. The number of hydrogen-bond donors (Lipinski definition) is 1. The van der Waals surface area contributed by atoms with E-state index in [1.807, 2.05) is 12.1 Å². The highest BCUT2D eigenvalue weighted by Gasteiger charge is 2.09. The topological polar surface area (TPSA) is 68.7 Å². The summed E-state index contributed by atoms with van der Waals surface area (Å²) < 4.78 is 10.8. The third-order valence-corrected chi connectivity index (χ3v) is 3.03. The van der Waals surface area contributed by atoms with Gasteiger partial charge in [-0.1, -0.05) is 0 Å². The van der Waals surface area contributed by atoms with E-state index >= 15 is 0 Å². The summed E-state index contributed by atoms with van der Waals surface area (Å²) in [7, 11) is 1.53. The molecule has 1 heterocycles. The van der Waals surface area contributed by atoms with Crippen molar-refractivity contribution in [3.8, 4) is 11.5 Å². The molecule has 0 aliphatic rings. The molecule has 21 heavy (non-hydrogen) atoms. The Labute approximate surface area is 123 Å². The predicted octanol–water partition coefficient (Wildman–Crippen LogP) is 2.80. The molecule has 5 nitrogen and oxygen atoms in total. The van der Waals surface area contributed by atoms with E-state index in [-0.39, 0.29) is 5.56 Å². The lowest BCUT2D eigenvalue weighted by atomic mass is 10.1. The minimum Gasteiger partial charge on any atom is -0.493 e. The maximum absolute atomic E-state index is 11.0. The molecule has 0 spiro atoms. The average Bonchev–Trinajstić information content (AvgIpc) is 2.52. The predicted molar refractivity (Wildman–Crippen MR) is 78.0 cm³/mol. The van der Waals surface area contributed by atoms with Gasteiger partial charge < -0.3 is 14.6 Å². The number of benzene rings is 1. The first-order valence-electron chi connectivity index (χ1n) is 6.63. The largest absolute Gasteiger partial charge is 0.493 e. The van der Waals surface area contributed by atoms with Crippen molar-refractivity contribution in [3.05, 3.63) is 53.9 Å². The van der Waals surface area contributed by atoms with Gasteiger partial charge in [-0.15, -0.1) is 0 Å². The summed E-state index contributed by atoms with van der Waals surface area (Å²) in [6.45, 7) is 0.488. The molecule has 0 amide bonds. The summed E-state index contributed by atoms with van der Waals surface area (Å²) in [5.41, 5.74) is 1.37. The van der Waals surface area contributed by atoms with Crippen LogP contribution in [0, 0.1) is 0 Å². The maximum atomic E-state index is 11.0. The smallest absolute Gasteiger partial charge is 0.335 e. The maximum Gasteiger partial charge on any atom is 0.335 e. The highest BCUT2D eigenvalue weighted by molar-refractivity contribution is 5.88. The zero-order chi connectivity index (χ0) is 15.1. The molecule has 1 N–H and O–H groups in total. The van der Waals surface area contributed by atoms with Crippen LogP contribution < -0.4 is 9.47 Å². The zero-order valence-electron chi connectivity index (χ0n) is 11.8. The summed E-state index contributed by atoms with van der Waals surface area (Å²) >= 11 is 0. The van der Waals surface area contributed by atoms with Crippen molar-refractivity contribution >= 4 is 5.97 Å². The second-order valence-electron chi connectivity index (χ2n) is 4.48. The molecule has 0 bridgehead atoms. The molecule has 0 aliphatic carbocycles. The van der Waals surface area contributed by atoms with E-state index < -0.39 is 5.97 Å². The Kier molecular flexibility index (Phi) is 5.15. The SMILES string of the molecule is COc1ccc(C(=O)O)cc1OCCCc1ccncc1. The van der Waals surface area contributed by atoms with Crippen molar-refractivity contribution in [2.75, 3.05) is 13.7 Å². The van der Waals surface area contributed by atoms with Gasteiger partial charge in [-0.05, 0) is 48.7 Å². The molecule has 0 fully saturated rings. The van der Waals surface area contributed by atoms with E-state index in [1.54, 1.807) is 18.5 Å². The van der Waals surface area contributed by atoms with Crippen molar-refractivity contribution in [2.24, 2.45) is 0 Å². The standard InChI is InChI=1S/C16H17NO4/c1-20-14-5-4-13(16(18)19)11-15(14)21-10-2-3-12-6-8-17-9-7-12/h4-9,11H,2-3,10H2,1H3,(H,18,19). The van der Waals surface area contributed by atoms with E-state index in [4.69, 9.17) is 14.6 Å². The summed E-state index contributed by atoms with van der Waals surface area (Å²) in [5, 5.41) is 8.99. The first-order valence-corrected chi connectivity index (χ1v) is 6.63. The third kappa shape index (κ3) is 4.21. The Balaban J connectivity index is 1.92. The normalized spacial score (nSPS) is 10.1. The van der Waals surface area contributed by atoms with Gasteiger partial charge in [0.25, 0.3) is 0 Å². The molecular formula is C16H17NO4. The quantitative estimate of drug-likeness (QED) is 0.793. The van der Waals surface area contributed by atoms with Crippen molar-refractivity contribution in [2.45, 2.75) is 12.8 Å². The lowest BCUT2D eigenvalue weighted by Crippen LogP contribution is -2.03. The first kappa shape index (κ1) is 14.8. The molecule has 0 saturated heterocycles. The van der Waals surface area contributed by atoms with E-state index in [0.29, 0.717) is 18.1 Å². The first-order chi connectivity index (χ1) is 10.2. The molecule has 110 valence electrons. The summed E-state index contributed by atoms with van der Waals surface area (Å²) in [4.78, 5) is 14.9. The number of nitrogens with zero attached hydrogens (tertiary/aromatic N) is 1. The molecule has 0 saturated carbocycles. The summed E-state index contributed by atoms with van der Waals surface area (Å²) in [5.74, 6) is -0.00433. The molecule has 2 rings (SSSR count). The van der Waals surface area contributed by atoms with E-state index in [1.165, 1.54) is 24.8 Å². The van der Waals surface area contributed by atoms with Crippen molar-refractivity contribution in [1.82, 2.24) is 4.98 Å². The van der Waals surface area contributed by atoms with Gasteiger partial charge in [0, 0.05) is 12.4 Å². The highest BCUT2D eigenvalue weighted by atomic mass is 16.5. The number of aryl methyl sites for hydroxylation is 1. The van der Waals surface area contributed by atoms with Crippen LogP contribution in [-0.2, 0) is 6.42 Å². The van der Waals surface area contributed by atoms with E-state index in [9.17, 15) is 4.79 Å². The van der Waals surface area contributed by atoms with E-state index in [0.717, 1.165) is 12.8 Å². The van der Waals surface area contributed by atoms with Crippen LogP contribution in [0.15, 0.2) is 42.7 Å². The van der Waals surface area contributed by atoms with Gasteiger partial charge >= 0.3 is 5.97 Å². The minimum atomic E-state index is -0.987. The number of carboxylic acid groups (broad SMARTS) is 1.